The predicted molar refractivity (Wildman–Crippen MR) is 67.4 cm³/mol. The molecule has 0 amide bonds. The zero-order valence-electron chi connectivity index (χ0n) is 9.24. The summed E-state index contributed by atoms with van der Waals surface area (Å²) in [6.45, 7) is 1.27. The van der Waals surface area contributed by atoms with Gasteiger partial charge in [0.05, 0.1) is 17.3 Å². The molecule has 0 saturated carbocycles. The number of hydrogen-bond donors (Lipinski definition) is 1. The van der Waals surface area contributed by atoms with Crippen LogP contribution in [0.2, 0.25) is 0 Å². The fraction of sp³-hybridized carbons (Fsp3) is 0.500. The fourth-order valence-electron chi connectivity index (χ4n) is 1.73. The number of aliphatic imine (C=N–C) groups is 1. The first-order valence-electron chi connectivity index (χ1n) is 5.70. The van der Waals surface area contributed by atoms with Gasteiger partial charge in [-0.15, -0.1) is 11.3 Å². The first-order chi connectivity index (χ1) is 7.86. The third-order valence-electron chi connectivity index (χ3n) is 2.62. The number of amidine groups is 1. The molecule has 0 saturated heterocycles. The zero-order valence-corrected chi connectivity index (χ0v) is 10.1. The summed E-state index contributed by atoms with van der Waals surface area (Å²) in [5, 5.41) is 5.08. The minimum absolute atomic E-state index is 0.155. The number of carbonyl (C=O) groups is 1. The Bertz CT molecular complexity index is 370. The molecule has 0 spiro atoms. The Hall–Kier alpha value is -1.16. The molecule has 0 bridgehead atoms. The average Bonchev–Trinajstić information content (AvgIpc) is 2.71. The van der Waals surface area contributed by atoms with Crippen LogP contribution in [0.4, 0.5) is 0 Å². The third kappa shape index (κ3) is 3.17. The second kappa shape index (κ2) is 5.80. The normalized spacial score (nSPS) is 16.4. The Morgan fingerprint density at radius 2 is 2.38 bits per heavy atom. The van der Waals surface area contributed by atoms with Crippen molar-refractivity contribution >= 4 is 23.0 Å². The highest BCUT2D eigenvalue weighted by molar-refractivity contribution is 7.12. The van der Waals surface area contributed by atoms with Crippen LogP contribution in [0.5, 0.6) is 0 Å². The van der Waals surface area contributed by atoms with E-state index in [2.05, 4.69) is 10.3 Å². The second-order valence-electron chi connectivity index (χ2n) is 3.89. The largest absolute Gasteiger partial charge is 0.366 e. The maximum absolute atomic E-state index is 11.7. The molecule has 4 heteroatoms. The summed E-state index contributed by atoms with van der Waals surface area (Å²) in [7, 11) is 0. The predicted octanol–water partition coefficient (Wildman–Crippen LogP) is 2.49. The van der Waals surface area contributed by atoms with Crippen molar-refractivity contribution in [2.75, 3.05) is 13.1 Å². The maximum Gasteiger partial charge on any atom is 0.191 e. The van der Waals surface area contributed by atoms with E-state index in [9.17, 15) is 4.79 Å². The summed E-state index contributed by atoms with van der Waals surface area (Å²) in [5.41, 5.74) is 0. The molecule has 1 aliphatic heterocycles. The van der Waals surface area contributed by atoms with Gasteiger partial charge in [-0.1, -0.05) is 12.5 Å². The summed E-state index contributed by atoms with van der Waals surface area (Å²) in [4.78, 5) is 17.0. The highest BCUT2D eigenvalue weighted by atomic mass is 32.1. The van der Waals surface area contributed by atoms with Crippen molar-refractivity contribution in [2.45, 2.75) is 25.7 Å². The minimum atomic E-state index is 0.155. The van der Waals surface area contributed by atoms with Crippen LogP contribution in [0.25, 0.3) is 0 Å². The summed E-state index contributed by atoms with van der Waals surface area (Å²) in [6, 6.07) is 3.77. The Labute approximate surface area is 99.6 Å². The third-order valence-corrected chi connectivity index (χ3v) is 3.53. The fourth-order valence-corrected chi connectivity index (χ4v) is 2.39. The highest BCUT2D eigenvalue weighted by Gasteiger charge is 2.08. The lowest BCUT2D eigenvalue weighted by atomic mass is 10.2. The van der Waals surface area contributed by atoms with E-state index in [0.29, 0.717) is 6.54 Å². The lowest BCUT2D eigenvalue weighted by Gasteiger charge is -2.06. The number of carbonyl (C=O) groups excluding carboxylic acids is 1. The van der Waals surface area contributed by atoms with Crippen LogP contribution < -0.4 is 5.32 Å². The van der Waals surface area contributed by atoms with Gasteiger partial charge in [0.1, 0.15) is 0 Å². The van der Waals surface area contributed by atoms with Crippen molar-refractivity contribution in [2.24, 2.45) is 4.99 Å². The molecule has 1 aromatic rings. The lowest BCUT2D eigenvalue weighted by molar-refractivity contribution is 0.1000. The monoisotopic (exact) mass is 236 g/mol. The maximum atomic E-state index is 11.7. The van der Waals surface area contributed by atoms with Gasteiger partial charge in [0, 0.05) is 13.0 Å². The Morgan fingerprint density at radius 1 is 1.44 bits per heavy atom. The number of ketones is 1. The van der Waals surface area contributed by atoms with E-state index in [1.54, 1.807) is 0 Å². The minimum Gasteiger partial charge on any atom is -0.366 e. The molecule has 2 rings (SSSR count). The van der Waals surface area contributed by atoms with Crippen molar-refractivity contribution < 1.29 is 4.79 Å². The van der Waals surface area contributed by atoms with Gasteiger partial charge in [0.25, 0.3) is 0 Å². The highest BCUT2D eigenvalue weighted by Crippen LogP contribution is 2.09. The molecule has 1 aromatic heterocycles. The smallest absolute Gasteiger partial charge is 0.191 e. The summed E-state index contributed by atoms with van der Waals surface area (Å²) >= 11 is 1.49. The first-order valence-corrected chi connectivity index (χ1v) is 6.58. The molecule has 1 N–H and O–H groups in total. The van der Waals surface area contributed by atoms with Crippen LogP contribution in [0.3, 0.4) is 0 Å². The molecule has 0 aromatic carbocycles. The van der Waals surface area contributed by atoms with E-state index in [1.807, 2.05) is 17.5 Å². The quantitative estimate of drug-likeness (QED) is 0.819. The van der Waals surface area contributed by atoms with E-state index in [1.165, 1.54) is 30.6 Å². The Balaban J connectivity index is 1.82. The van der Waals surface area contributed by atoms with E-state index in [4.69, 9.17) is 0 Å². The molecule has 2 heterocycles. The van der Waals surface area contributed by atoms with Crippen molar-refractivity contribution in [3.05, 3.63) is 22.4 Å². The second-order valence-corrected chi connectivity index (χ2v) is 4.84. The van der Waals surface area contributed by atoms with Gasteiger partial charge in [-0.3, -0.25) is 9.79 Å². The van der Waals surface area contributed by atoms with Crippen LogP contribution >= 0.6 is 11.3 Å². The van der Waals surface area contributed by atoms with Crippen LogP contribution in [0, 0.1) is 0 Å². The molecule has 3 nitrogen and oxygen atoms in total. The van der Waals surface area contributed by atoms with E-state index in [0.717, 1.165) is 23.7 Å². The van der Waals surface area contributed by atoms with Gasteiger partial charge in [-0.2, -0.15) is 0 Å². The number of hydrogen-bond acceptors (Lipinski definition) is 4. The summed E-state index contributed by atoms with van der Waals surface area (Å²) in [5.74, 6) is 1.16. The summed E-state index contributed by atoms with van der Waals surface area (Å²) in [6.07, 6.45) is 4.58. The van der Waals surface area contributed by atoms with Crippen LogP contribution in [0.1, 0.15) is 35.4 Å². The van der Waals surface area contributed by atoms with E-state index >= 15 is 0 Å². The molecule has 0 aliphatic carbocycles. The number of thiophene rings is 1. The Morgan fingerprint density at radius 3 is 3.19 bits per heavy atom. The summed E-state index contributed by atoms with van der Waals surface area (Å²) < 4.78 is 0. The molecule has 0 atom stereocenters. The molecular formula is C12H16N2OS. The lowest BCUT2D eigenvalue weighted by Crippen LogP contribution is -2.29. The number of rotatable bonds is 3. The number of nitrogens with zero attached hydrogens (tertiary/aromatic N) is 1. The molecule has 1 aliphatic rings. The molecule has 86 valence electrons. The Kier molecular flexibility index (Phi) is 4.10. The van der Waals surface area contributed by atoms with Crippen LogP contribution in [0.15, 0.2) is 22.5 Å². The first kappa shape index (κ1) is 11.3. The molecule has 0 radical (unpaired) electrons. The standard InChI is InChI=1S/C12H16N2OS/c15-10(11-5-4-8-16-11)9-14-12-6-2-1-3-7-13-12/h4-5,8H,1-3,6-7,9H2,(H,13,14). The molecule has 16 heavy (non-hydrogen) atoms. The van der Waals surface area contributed by atoms with Crippen LogP contribution in [-0.4, -0.2) is 24.7 Å². The van der Waals surface area contributed by atoms with Crippen molar-refractivity contribution in [3.8, 4) is 0 Å². The molecule has 0 unspecified atom stereocenters. The van der Waals surface area contributed by atoms with Gasteiger partial charge in [-0.05, 0) is 24.3 Å². The molecule has 0 fully saturated rings. The average molecular weight is 236 g/mol. The van der Waals surface area contributed by atoms with Crippen molar-refractivity contribution in [3.63, 3.8) is 0 Å². The van der Waals surface area contributed by atoms with Gasteiger partial charge in [0.15, 0.2) is 5.78 Å². The van der Waals surface area contributed by atoms with Crippen LogP contribution in [-0.2, 0) is 0 Å². The van der Waals surface area contributed by atoms with E-state index < -0.39 is 0 Å². The SMILES string of the molecule is O=C(CNC1=NCCCCC1)c1cccs1. The van der Waals surface area contributed by atoms with Gasteiger partial charge in [-0.25, -0.2) is 0 Å². The van der Waals surface area contributed by atoms with Gasteiger partial charge < -0.3 is 5.32 Å². The van der Waals surface area contributed by atoms with Crippen molar-refractivity contribution in [1.29, 1.82) is 0 Å². The van der Waals surface area contributed by atoms with Gasteiger partial charge >= 0.3 is 0 Å². The number of nitrogens with one attached hydrogen (secondary N) is 1. The van der Waals surface area contributed by atoms with Gasteiger partial charge in [0.2, 0.25) is 0 Å². The number of Topliss-reactive ketones (excluding diaryl/α,β-unsaturated/α-hetero) is 1. The van der Waals surface area contributed by atoms with Crippen molar-refractivity contribution in [1.82, 2.24) is 5.32 Å². The van der Waals surface area contributed by atoms with E-state index in [-0.39, 0.29) is 5.78 Å². The topological polar surface area (TPSA) is 41.5 Å². The molecular weight excluding hydrogens is 220 g/mol. The zero-order chi connectivity index (χ0) is 11.2.